The number of benzene rings is 1. The third-order valence-electron chi connectivity index (χ3n) is 2.69. The summed E-state index contributed by atoms with van der Waals surface area (Å²) in [6.45, 7) is 2.37. The molecular formula is C13H17F3N2O2. The molecule has 1 atom stereocenters. The van der Waals surface area contributed by atoms with Gasteiger partial charge >= 0.3 is 6.36 Å². The van der Waals surface area contributed by atoms with E-state index in [0.29, 0.717) is 13.0 Å². The van der Waals surface area contributed by atoms with Crippen LogP contribution in [0.2, 0.25) is 0 Å². The maximum Gasteiger partial charge on any atom is 0.573 e. The Kier molecular flexibility index (Phi) is 5.82. The predicted molar refractivity (Wildman–Crippen MR) is 68.3 cm³/mol. The van der Waals surface area contributed by atoms with Crippen LogP contribution in [-0.2, 0) is 0 Å². The second kappa shape index (κ2) is 7.14. The normalized spacial score (nSPS) is 12.8. The van der Waals surface area contributed by atoms with Gasteiger partial charge in [0.15, 0.2) is 0 Å². The lowest BCUT2D eigenvalue weighted by Crippen LogP contribution is -2.35. The summed E-state index contributed by atoms with van der Waals surface area (Å²) in [5.41, 5.74) is 5.70. The second-order valence-electron chi connectivity index (χ2n) is 4.23. The molecular weight excluding hydrogens is 273 g/mol. The Morgan fingerprint density at radius 1 is 1.35 bits per heavy atom. The summed E-state index contributed by atoms with van der Waals surface area (Å²) in [6, 6.07) is 4.73. The van der Waals surface area contributed by atoms with Gasteiger partial charge in [0.05, 0.1) is 0 Å². The molecule has 112 valence electrons. The number of hydrogen-bond acceptors (Lipinski definition) is 3. The summed E-state index contributed by atoms with van der Waals surface area (Å²) in [5.74, 6) is -0.702. The zero-order valence-electron chi connectivity index (χ0n) is 11.0. The molecule has 20 heavy (non-hydrogen) atoms. The number of ether oxygens (including phenoxy) is 1. The monoisotopic (exact) mass is 290 g/mol. The number of nitrogens with one attached hydrogen (secondary N) is 1. The number of carbonyl (C=O) groups is 1. The van der Waals surface area contributed by atoms with Crippen molar-refractivity contribution in [1.82, 2.24) is 5.32 Å². The van der Waals surface area contributed by atoms with Gasteiger partial charge in [-0.2, -0.15) is 0 Å². The van der Waals surface area contributed by atoms with Crippen LogP contribution >= 0.6 is 0 Å². The van der Waals surface area contributed by atoms with Gasteiger partial charge in [-0.3, -0.25) is 4.79 Å². The van der Waals surface area contributed by atoms with Gasteiger partial charge < -0.3 is 15.8 Å². The van der Waals surface area contributed by atoms with Crippen molar-refractivity contribution in [2.24, 2.45) is 5.73 Å². The lowest BCUT2D eigenvalue weighted by molar-refractivity contribution is -0.274. The summed E-state index contributed by atoms with van der Waals surface area (Å²) < 4.78 is 39.7. The summed E-state index contributed by atoms with van der Waals surface area (Å²) in [5, 5.41) is 2.77. The molecule has 3 N–H and O–H groups in total. The minimum atomic E-state index is -4.74. The zero-order valence-corrected chi connectivity index (χ0v) is 11.0. The van der Waals surface area contributed by atoms with Crippen LogP contribution in [0, 0.1) is 0 Å². The van der Waals surface area contributed by atoms with Crippen LogP contribution in [0.1, 0.15) is 30.1 Å². The van der Waals surface area contributed by atoms with Crippen LogP contribution in [0.3, 0.4) is 0 Å². The Bertz CT molecular complexity index is 432. The first kappa shape index (κ1) is 16.3. The molecule has 0 aliphatic carbocycles. The van der Waals surface area contributed by atoms with Gasteiger partial charge in [-0.05, 0) is 43.7 Å². The largest absolute Gasteiger partial charge is 0.573 e. The quantitative estimate of drug-likeness (QED) is 0.845. The number of amides is 1. The van der Waals surface area contributed by atoms with Gasteiger partial charge in [-0.1, -0.05) is 6.92 Å². The van der Waals surface area contributed by atoms with Crippen molar-refractivity contribution < 1.29 is 22.7 Å². The van der Waals surface area contributed by atoms with E-state index in [1.54, 1.807) is 0 Å². The number of nitrogens with two attached hydrogens (primary N) is 1. The molecule has 0 bridgehead atoms. The van der Waals surface area contributed by atoms with Crippen molar-refractivity contribution >= 4 is 5.91 Å². The number of carbonyl (C=O) groups excluding carboxylic acids is 1. The van der Waals surface area contributed by atoms with Crippen LogP contribution in [-0.4, -0.2) is 24.9 Å². The standard InChI is InChI=1S/C13H17F3N2O2/c1-2-10(7-8-17)18-12(19)9-3-5-11(6-4-9)20-13(14,15)16/h3-6,10H,2,7-8,17H2,1H3,(H,18,19). The van der Waals surface area contributed by atoms with Gasteiger partial charge in [-0.25, -0.2) is 0 Å². The van der Waals surface area contributed by atoms with E-state index in [1.807, 2.05) is 6.92 Å². The molecule has 4 nitrogen and oxygen atoms in total. The topological polar surface area (TPSA) is 64.3 Å². The first-order chi connectivity index (χ1) is 9.35. The molecule has 0 saturated heterocycles. The van der Waals surface area contributed by atoms with E-state index in [0.717, 1.165) is 18.6 Å². The van der Waals surface area contributed by atoms with Gasteiger partial charge in [0.1, 0.15) is 5.75 Å². The highest BCUT2D eigenvalue weighted by Crippen LogP contribution is 2.22. The summed E-state index contributed by atoms with van der Waals surface area (Å²) in [4.78, 5) is 11.9. The molecule has 0 aromatic heterocycles. The summed E-state index contributed by atoms with van der Waals surface area (Å²) in [6.07, 6.45) is -3.35. The second-order valence-corrected chi connectivity index (χ2v) is 4.23. The van der Waals surface area contributed by atoms with Crippen LogP contribution in [0.4, 0.5) is 13.2 Å². The van der Waals surface area contributed by atoms with Crippen molar-refractivity contribution in [3.8, 4) is 5.75 Å². The summed E-state index contributed by atoms with van der Waals surface area (Å²) in [7, 11) is 0. The fourth-order valence-corrected chi connectivity index (χ4v) is 1.66. The molecule has 1 rings (SSSR count). The zero-order chi connectivity index (χ0) is 15.2. The van der Waals surface area contributed by atoms with Crippen molar-refractivity contribution in [2.45, 2.75) is 32.2 Å². The molecule has 0 radical (unpaired) electrons. The molecule has 0 aliphatic rings. The van der Waals surface area contributed by atoms with Gasteiger partial charge in [0, 0.05) is 11.6 Å². The average Bonchev–Trinajstić information content (AvgIpc) is 2.37. The molecule has 7 heteroatoms. The fraction of sp³-hybridized carbons (Fsp3) is 0.462. The first-order valence-corrected chi connectivity index (χ1v) is 6.22. The van der Waals surface area contributed by atoms with Crippen molar-refractivity contribution in [2.75, 3.05) is 6.54 Å². The van der Waals surface area contributed by atoms with Gasteiger partial charge in [0.2, 0.25) is 0 Å². The van der Waals surface area contributed by atoms with E-state index < -0.39 is 6.36 Å². The molecule has 1 unspecified atom stereocenters. The molecule has 1 amide bonds. The molecule has 0 fully saturated rings. The predicted octanol–water partition coefficient (Wildman–Crippen LogP) is 2.44. The Morgan fingerprint density at radius 2 is 1.95 bits per heavy atom. The minimum absolute atomic E-state index is 0.0430. The molecule has 1 aromatic rings. The van der Waals surface area contributed by atoms with Crippen molar-refractivity contribution in [3.63, 3.8) is 0 Å². The van der Waals surface area contributed by atoms with E-state index in [9.17, 15) is 18.0 Å². The molecule has 0 spiro atoms. The lowest BCUT2D eigenvalue weighted by atomic mass is 10.1. The smallest absolute Gasteiger partial charge is 0.406 e. The van der Waals surface area contributed by atoms with Crippen LogP contribution in [0.25, 0.3) is 0 Å². The van der Waals surface area contributed by atoms with E-state index in [2.05, 4.69) is 10.1 Å². The number of rotatable bonds is 6. The highest BCUT2D eigenvalue weighted by atomic mass is 19.4. The van der Waals surface area contributed by atoms with Crippen LogP contribution in [0.5, 0.6) is 5.75 Å². The van der Waals surface area contributed by atoms with Gasteiger partial charge in [0.25, 0.3) is 5.91 Å². The van der Waals surface area contributed by atoms with Crippen molar-refractivity contribution in [3.05, 3.63) is 29.8 Å². The molecule has 0 saturated carbocycles. The average molecular weight is 290 g/mol. The Hall–Kier alpha value is -1.76. The third-order valence-corrected chi connectivity index (χ3v) is 2.69. The number of halogens is 3. The van der Waals surface area contributed by atoms with E-state index in [-0.39, 0.29) is 23.3 Å². The van der Waals surface area contributed by atoms with E-state index in [1.165, 1.54) is 12.1 Å². The van der Waals surface area contributed by atoms with Crippen LogP contribution < -0.4 is 15.8 Å². The van der Waals surface area contributed by atoms with Gasteiger partial charge in [-0.15, -0.1) is 13.2 Å². The summed E-state index contributed by atoms with van der Waals surface area (Å²) >= 11 is 0. The first-order valence-electron chi connectivity index (χ1n) is 6.22. The SMILES string of the molecule is CCC(CCN)NC(=O)c1ccc(OC(F)(F)F)cc1. The molecule has 1 aromatic carbocycles. The van der Waals surface area contributed by atoms with Crippen molar-refractivity contribution in [1.29, 1.82) is 0 Å². The fourth-order valence-electron chi connectivity index (χ4n) is 1.66. The third kappa shape index (κ3) is 5.48. The minimum Gasteiger partial charge on any atom is -0.406 e. The Morgan fingerprint density at radius 3 is 2.40 bits per heavy atom. The van der Waals surface area contributed by atoms with E-state index in [4.69, 9.17) is 5.73 Å². The Labute approximate surface area is 115 Å². The van der Waals surface area contributed by atoms with Crippen LogP contribution in [0.15, 0.2) is 24.3 Å². The Balaban J connectivity index is 2.66. The lowest BCUT2D eigenvalue weighted by Gasteiger charge is -2.16. The number of hydrogen-bond donors (Lipinski definition) is 2. The number of alkyl halides is 3. The van der Waals surface area contributed by atoms with E-state index >= 15 is 0 Å². The maximum atomic E-state index is 12.0. The molecule has 0 aliphatic heterocycles. The highest BCUT2D eigenvalue weighted by molar-refractivity contribution is 5.94. The highest BCUT2D eigenvalue weighted by Gasteiger charge is 2.31. The molecule has 0 heterocycles. The maximum absolute atomic E-state index is 12.0.